The molecule has 1 unspecified atom stereocenters. The highest BCUT2D eigenvalue weighted by Gasteiger charge is 2.31. The van der Waals surface area contributed by atoms with Gasteiger partial charge in [0.15, 0.2) is 16.6 Å². The normalized spacial score (nSPS) is 14.9. The molecule has 0 saturated carbocycles. The van der Waals surface area contributed by atoms with Gasteiger partial charge in [0.1, 0.15) is 12.4 Å². The second kappa shape index (κ2) is 10.3. The zero-order valence-corrected chi connectivity index (χ0v) is 21.3. The van der Waals surface area contributed by atoms with Gasteiger partial charge >= 0.3 is 0 Å². The number of ether oxygens (including phenoxy) is 3. The summed E-state index contributed by atoms with van der Waals surface area (Å²) in [6, 6.07) is 18.6. The van der Waals surface area contributed by atoms with Crippen molar-refractivity contribution in [2.45, 2.75) is 33.2 Å². The van der Waals surface area contributed by atoms with Crippen LogP contribution in [0, 0.1) is 20.8 Å². The van der Waals surface area contributed by atoms with Gasteiger partial charge in [-0.15, -0.1) is 0 Å². The summed E-state index contributed by atoms with van der Waals surface area (Å²) in [5.74, 6) is 2.31. The van der Waals surface area contributed by atoms with Gasteiger partial charge in [-0.05, 0) is 98.1 Å². The van der Waals surface area contributed by atoms with E-state index in [0.717, 1.165) is 35.7 Å². The molecular formula is C28H32N2O3S. The van der Waals surface area contributed by atoms with Gasteiger partial charge in [0.2, 0.25) is 0 Å². The van der Waals surface area contributed by atoms with Gasteiger partial charge in [-0.2, -0.15) is 0 Å². The van der Waals surface area contributed by atoms with Crippen LogP contribution >= 0.6 is 12.2 Å². The van der Waals surface area contributed by atoms with Crippen molar-refractivity contribution in [3.8, 4) is 17.2 Å². The molecule has 3 aromatic carbocycles. The van der Waals surface area contributed by atoms with E-state index in [2.05, 4.69) is 85.6 Å². The summed E-state index contributed by atoms with van der Waals surface area (Å²) in [7, 11) is 3.33. The van der Waals surface area contributed by atoms with Crippen molar-refractivity contribution in [2.24, 2.45) is 0 Å². The van der Waals surface area contributed by atoms with Crippen molar-refractivity contribution < 1.29 is 14.2 Å². The van der Waals surface area contributed by atoms with Crippen molar-refractivity contribution in [3.63, 3.8) is 0 Å². The van der Waals surface area contributed by atoms with Crippen LogP contribution in [0.25, 0.3) is 0 Å². The fourth-order valence-corrected chi connectivity index (χ4v) is 4.81. The number of benzene rings is 3. The van der Waals surface area contributed by atoms with Gasteiger partial charge in [-0.25, -0.2) is 0 Å². The van der Waals surface area contributed by atoms with Crippen LogP contribution in [0.15, 0.2) is 54.6 Å². The molecule has 0 aliphatic carbocycles. The maximum absolute atomic E-state index is 6.34. The Morgan fingerprint density at radius 3 is 2.21 bits per heavy atom. The molecule has 1 heterocycles. The lowest BCUT2D eigenvalue weighted by Crippen LogP contribution is -2.44. The number of hydrogen-bond donors (Lipinski definition) is 1. The number of fused-ring (bicyclic) bond motifs is 1. The maximum atomic E-state index is 6.34. The van der Waals surface area contributed by atoms with Crippen molar-refractivity contribution in [2.75, 3.05) is 32.7 Å². The van der Waals surface area contributed by atoms with Crippen molar-refractivity contribution >= 4 is 23.0 Å². The Kier molecular flexibility index (Phi) is 7.27. The molecule has 178 valence electrons. The average molecular weight is 477 g/mol. The molecule has 0 amide bonds. The molecule has 4 rings (SSSR count). The van der Waals surface area contributed by atoms with E-state index in [1.165, 1.54) is 22.3 Å². The van der Waals surface area contributed by atoms with Gasteiger partial charge in [0.25, 0.3) is 0 Å². The van der Waals surface area contributed by atoms with Gasteiger partial charge in [-0.1, -0.05) is 23.8 Å². The average Bonchev–Trinajstić information content (AvgIpc) is 2.82. The Balaban J connectivity index is 1.65. The van der Waals surface area contributed by atoms with Crippen LogP contribution in [-0.2, 0) is 6.42 Å². The number of anilines is 1. The molecule has 1 aliphatic rings. The standard InChI is InChI=1S/C28H32N2O3S/c1-18-6-8-22(9-7-18)29-28(34)30-11-10-21-15-26(31-4)27(32-5)16-24(21)25(30)17-33-23-13-19(2)12-20(3)14-23/h6-9,12-16,25H,10-11,17H2,1-5H3,(H,29,34). The second-order valence-corrected chi connectivity index (χ2v) is 9.18. The maximum Gasteiger partial charge on any atom is 0.174 e. The number of aryl methyl sites for hydroxylation is 3. The summed E-state index contributed by atoms with van der Waals surface area (Å²) in [6.07, 6.45) is 0.853. The minimum Gasteiger partial charge on any atom is -0.493 e. The lowest BCUT2D eigenvalue weighted by Gasteiger charge is -2.39. The third kappa shape index (κ3) is 5.28. The van der Waals surface area contributed by atoms with Crippen LogP contribution in [-0.4, -0.2) is 37.4 Å². The van der Waals surface area contributed by atoms with Gasteiger partial charge in [-0.3, -0.25) is 0 Å². The highest BCUT2D eigenvalue weighted by Crippen LogP contribution is 2.38. The molecule has 0 radical (unpaired) electrons. The first-order valence-electron chi connectivity index (χ1n) is 11.5. The van der Waals surface area contributed by atoms with E-state index < -0.39 is 0 Å². The third-order valence-corrected chi connectivity index (χ3v) is 6.51. The number of hydrogen-bond acceptors (Lipinski definition) is 4. The van der Waals surface area contributed by atoms with Gasteiger partial charge < -0.3 is 24.4 Å². The first kappa shape index (κ1) is 23.9. The van der Waals surface area contributed by atoms with Gasteiger partial charge in [0, 0.05) is 12.2 Å². The molecule has 3 aromatic rings. The highest BCUT2D eigenvalue weighted by molar-refractivity contribution is 7.80. The van der Waals surface area contributed by atoms with Crippen molar-refractivity contribution in [3.05, 3.63) is 82.4 Å². The molecule has 0 bridgehead atoms. The van der Waals surface area contributed by atoms with Crippen LogP contribution < -0.4 is 19.5 Å². The third-order valence-electron chi connectivity index (χ3n) is 6.17. The van der Waals surface area contributed by atoms with E-state index in [4.69, 9.17) is 26.4 Å². The number of thiocarbonyl (C=S) groups is 1. The first-order valence-corrected chi connectivity index (χ1v) is 11.9. The van der Waals surface area contributed by atoms with E-state index >= 15 is 0 Å². The number of rotatable bonds is 6. The Labute approximate surface area is 207 Å². The first-order chi connectivity index (χ1) is 16.4. The SMILES string of the molecule is COc1cc2c(cc1OC)C(COc1cc(C)cc(C)c1)N(C(=S)Nc1ccc(C)cc1)CC2. The second-order valence-electron chi connectivity index (χ2n) is 8.80. The van der Waals surface area contributed by atoms with Crippen LogP contribution in [0.5, 0.6) is 17.2 Å². The lowest BCUT2D eigenvalue weighted by molar-refractivity contribution is 0.190. The van der Waals surface area contributed by atoms with Crippen LogP contribution in [0.4, 0.5) is 5.69 Å². The molecule has 0 fully saturated rings. The minimum atomic E-state index is -0.0742. The van der Waals surface area contributed by atoms with Crippen LogP contribution in [0.3, 0.4) is 0 Å². The van der Waals surface area contributed by atoms with Crippen molar-refractivity contribution in [1.29, 1.82) is 0 Å². The van der Waals surface area contributed by atoms with Gasteiger partial charge in [0.05, 0.1) is 20.3 Å². The molecule has 1 aliphatic heterocycles. The summed E-state index contributed by atoms with van der Waals surface area (Å²) in [4.78, 5) is 2.21. The van der Waals surface area contributed by atoms with Crippen LogP contribution in [0.1, 0.15) is 33.9 Å². The largest absolute Gasteiger partial charge is 0.493 e. The molecule has 0 aromatic heterocycles. The fourth-order valence-electron chi connectivity index (χ4n) is 4.47. The summed E-state index contributed by atoms with van der Waals surface area (Å²) >= 11 is 5.88. The topological polar surface area (TPSA) is 43.0 Å². The van der Waals surface area contributed by atoms with E-state index in [9.17, 15) is 0 Å². The van der Waals surface area contributed by atoms with E-state index in [0.29, 0.717) is 17.5 Å². The fraction of sp³-hybridized carbons (Fsp3) is 0.321. The molecular weight excluding hydrogens is 444 g/mol. The lowest BCUT2D eigenvalue weighted by atomic mass is 9.92. The summed E-state index contributed by atoms with van der Waals surface area (Å²) in [5.41, 5.74) is 6.91. The van der Waals surface area contributed by atoms with E-state index in [-0.39, 0.29) is 6.04 Å². The summed E-state index contributed by atoms with van der Waals surface area (Å²) in [5, 5.41) is 4.09. The Hall–Kier alpha value is -3.25. The number of nitrogens with one attached hydrogen (secondary N) is 1. The monoisotopic (exact) mass is 476 g/mol. The Bertz CT molecular complexity index is 1160. The summed E-state index contributed by atoms with van der Waals surface area (Å²) < 4.78 is 17.5. The van der Waals surface area contributed by atoms with Crippen LogP contribution in [0.2, 0.25) is 0 Å². The smallest absolute Gasteiger partial charge is 0.174 e. The molecule has 5 nitrogen and oxygen atoms in total. The van der Waals surface area contributed by atoms with Crippen molar-refractivity contribution in [1.82, 2.24) is 4.90 Å². The predicted molar refractivity (Wildman–Crippen MR) is 142 cm³/mol. The van der Waals surface area contributed by atoms with E-state index in [1.54, 1.807) is 14.2 Å². The number of nitrogens with zero attached hydrogens (tertiary/aromatic N) is 1. The Morgan fingerprint density at radius 2 is 1.56 bits per heavy atom. The minimum absolute atomic E-state index is 0.0742. The summed E-state index contributed by atoms with van der Waals surface area (Å²) in [6.45, 7) is 7.48. The quantitative estimate of drug-likeness (QED) is 0.440. The molecule has 0 saturated heterocycles. The zero-order chi connectivity index (χ0) is 24.2. The molecule has 6 heteroatoms. The molecule has 0 spiro atoms. The van der Waals surface area contributed by atoms with E-state index in [1.807, 2.05) is 0 Å². The molecule has 1 N–H and O–H groups in total. The number of methoxy groups -OCH3 is 2. The Morgan fingerprint density at radius 1 is 0.912 bits per heavy atom. The molecule has 1 atom stereocenters. The predicted octanol–water partition coefficient (Wildman–Crippen LogP) is 6.00. The zero-order valence-electron chi connectivity index (χ0n) is 20.5. The molecule has 34 heavy (non-hydrogen) atoms. The highest BCUT2D eigenvalue weighted by atomic mass is 32.1.